The second-order valence-corrected chi connectivity index (χ2v) is 6.56. The predicted octanol–water partition coefficient (Wildman–Crippen LogP) is 3.34. The first-order valence-electron chi connectivity index (χ1n) is 8.15. The minimum absolute atomic E-state index is 0.108. The number of nitrogens with zero attached hydrogens (tertiary/aromatic N) is 4. The summed E-state index contributed by atoms with van der Waals surface area (Å²) >= 11 is 0. The van der Waals surface area contributed by atoms with E-state index >= 15 is 0 Å². The summed E-state index contributed by atoms with van der Waals surface area (Å²) < 4.78 is 1.90. The van der Waals surface area contributed by atoms with Crippen molar-refractivity contribution in [3.63, 3.8) is 0 Å². The maximum absolute atomic E-state index is 12.9. The van der Waals surface area contributed by atoms with Crippen molar-refractivity contribution in [2.24, 2.45) is 0 Å². The van der Waals surface area contributed by atoms with E-state index in [1.54, 1.807) is 6.20 Å². The molecule has 118 valence electrons. The summed E-state index contributed by atoms with van der Waals surface area (Å²) in [6.45, 7) is 9.06. The van der Waals surface area contributed by atoms with E-state index in [0.717, 1.165) is 36.1 Å². The summed E-state index contributed by atoms with van der Waals surface area (Å²) in [5, 5.41) is 5.33. The molecule has 1 aliphatic heterocycles. The molecule has 1 unspecified atom stereocenters. The number of pyridine rings is 1. The van der Waals surface area contributed by atoms with Gasteiger partial charge in [0.2, 0.25) is 0 Å². The van der Waals surface area contributed by atoms with Crippen LogP contribution in [0.1, 0.15) is 62.1 Å². The summed E-state index contributed by atoms with van der Waals surface area (Å²) in [7, 11) is 0. The highest BCUT2D eigenvalue weighted by Crippen LogP contribution is 2.23. The van der Waals surface area contributed by atoms with Gasteiger partial charge in [0.15, 0.2) is 5.65 Å². The van der Waals surface area contributed by atoms with E-state index in [4.69, 9.17) is 0 Å². The van der Waals surface area contributed by atoms with Crippen LogP contribution in [0, 0.1) is 6.92 Å². The molecule has 1 fully saturated rings. The van der Waals surface area contributed by atoms with Crippen LogP contribution in [0.4, 0.5) is 0 Å². The zero-order valence-corrected chi connectivity index (χ0v) is 13.8. The van der Waals surface area contributed by atoms with Crippen molar-refractivity contribution < 1.29 is 4.79 Å². The maximum atomic E-state index is 12.9. The van der Waals surface area contributed by atoms with Gasteiger partial charge in [-0.3, -0.25) is 4.79 Å². The van der Waals surface area contributed by atoms with E-state index in [1.165, 1.54) is 6.42 Å². The molecule has 0 aliphatic carbocycles. The third-order valence-corrected chi connectivity index (χ3v) is 4.54. The third-order valence-electron chi connectivity index (χ3n) is 4.54. The monoisotopic (exact) mass is 300 g/mol. The van der Waals surface area contributed by atoms with Crippen LogP contribution in [0.3, 0.4) is 0 Å². The first kappa shape index (κ1) is 15.0. The Bertz CT molecular complexity index is 704. The van der Waals surface area contributed by atoms with Gasteiger partial charge in [-0.15, -0.1) is 0 Å². The standard InChI is InChI=1S/C17H24N4O/c1-11(2)21-16-14(10-18-21)9-15(13(4)19-16)17(22)20-8-6-5-7-12(20)3/h9-12H,5-8H2,1-4H3. The van der Waals surface area contributed by atoms with Gasteiger partial charge in [0.1, 0.15) is 0 Å². The van der Waals surface area contributed by atoms with Crippen molar-refractivity contribution in [2.75, 3.05) is 6.54 Å². The topological polar surface area (TPSA) is 51.0 Å². The molecule has 1 aliphatic rings. The number of carbonyl (C=O) groups excluding carboxylic acids is 1. The molecule has 0 N–H and O–H groups in total. The zero-order valence-electron chi connectivity index (χ0n) is 13.8. The fourth-order valence-electron chi connectivity index (χ4n) is 3.21. The molecule has 1 amide bonds. The highest BCUT2D eigenvalue weighted by molar-refractivity contribution is 5.98. The van der Waals surface area contributed by atoms with Crippen LogP contribution < -0.4 is 0 Å². The second kappa shape index (κ2) is 5.71. The van der Waals surface area contributed by atoms with Crippen molar-refractivity contribution in [2.45, 2.75) is 59.0 Å². The van der Waals surface area contributed by atoms with Crippen molar-refractivity contribution >= 4 is 16.9 Å². The summed E-state index contributed by atoms with van der Waals surface area (Å²) in [5.41, 5.74) is 2.36. The van der Waals surface area contributed by atoms with Crippen molar-refractivity contribution in [3.05, 3.63) is 23.5 Å². The van der Waals surface area contributed by atoms with E-state index in [2.05, 4.69) is 30.9 Å². The van der Waals surface area contributed by atoms with E-state index < -0.39 is 0 Å². The minimum atomic E-state index is 0.108. The zero-order chi connectivity index (χ0) is 15.9. The predicted molar refractivity (Wildman–Crippen MR) is 87.0 cm³/mol. The second-order valence-electron chi connectivity index (χ2n) is 6.56. The number of rotatable bonds is 2. The average molecular weight is 300 g/mol. The molecule has 5 heteroatoms. The molecule has 5 nitrogen and oxygen atoms in total. The molecule has 2 aromatic heterocycles. The van der Waals surface area contributed by atoms with Crippen LogP contribution in [-0.4, -0.2) is 38.2 Å². The Kier molecular flexibility index (Phi) is 3.89. The maximum Gasteiger partial charge on any atom is 0.255 e. The SMILES string of the molecule is Cc1nc2c(cnn2C(C)C)cc1C(=O)N1CCCCC1C. The van der Waals surface area contributed by atoms with E-state index in [1.807, 2.05) is 22.6 Å². The Hall–Kier alpha value is -1.91. The summed E-state index contributed by atoms with van der Waals surface area (Å²) in [5.74, 6) is 0.108. The number of carbonyl (C=O) groups is 1. The molecule has 0 bridgehead atoms. The molecule has 0 spiro atoms. The fourth-order valence-corrected chi connectivity index (χ4v) is 3.21. The Morgan fingerprint density at radius 3 is 2.82 bits per heavy atom. The lowest BCUT2D eigenvalue weighted by molar-refractivity contribution is 0.0634. The fraction of sp³-hybridized carbons (Fsp3) is 0.588. The Morgan fingerprint density at radius 2 is 2.14 bits per heavy atom. The van der Waals surface area contributed by atoms with E-state index in [9.17, 15) is 4.79 Å². The van der Waals surface area contributed by atoms with Gasteiger partial charge < -0.3 is 4.90 Å². The van der Waals surface area contributed by atoms with Crippen LogP contribution in [-0.2, 0) is 0 Å². The van der Waals surface area contributed by atoms with E-state index in [0.29, 0.717) is 11.6 Å². The number of piperidine rings is 1. The number of hydrogen-bond donors (Lipinski definition) is 0. The Labute approximate surface area is 131 Å². The number of amides is 1. The van der Waals surface area contributed by atoms with Crippen LogP contribution in [0.25, 0.3) is 11.0 Å². The van der Waals surface area contributed by atoms with Crippen LogP contribution >= 0.6 is 0 Å². The number of aromatic nitrogens is 3. The van der Waals surface area contributed by atoms with Gasteiger partial charge in [-0.2, -0.15) is 5.10 Å². The molecular formula is C17H24N4O. The molecule has 0 saturated carbocycles. The average Bonchev–Trinajstić information content (AvgIpc) is 2.89. The van der Waals surface area contributed by atoms with Gasteiger partial charge in [0, 0.05) is 24.0 Å². The van der Waals surface area contributed by atoms with Crippen LogP contribution in [0.5, 0.6) is 0 Å². The largest absolute Gasteiger partial charge is 0.336 e. The quantitative estimate of drug-likeness (QED) is 0.854. The van der Waals surface area contributed by atoms with Gasteiger partial charge in [-0.25, -0.2) is 9.67 Å². The minimum Gasteiger partial charge on any atom is -0.336 e. The van der Waals surface area contributed by atoms with Gasteiger partial charge in [-0.1, -0.05) is 0 Å². The third kappa shape index (κ3) is 2.49. The lowest BCUT2D eigenvalue weighted by atomic mass is 10.0. The molecule has 3 rings (SSSR count). The smallest absolute Gasteiger partial charge is 0.255 e. The van der Waals surface area contributed by atoms with Crippen molar-refractivity contribution in [3.8, 4) is 0 Å². The molecule has 1 atom stereocenters. The van der Waals surface area contributed by atoms with Gasteiger partial charge in [0.05, 0.1) is 17.5 Å². The molecule has 2 aromatic rings. The number of hydrogen-bond acceptors (Lipinski definition) is 3. The van der Waals surface area contributed by atoms with Crippen molar-refractivity contribution in [1.82, 2.24) is 19.7 Å². The normalized spacial score (nSPS) is 19.1. The van der Waals surface area contributed by atoms with Crippen LogP contribution in [0.15, 0.2) is 12.3 Å². The van der Waals surface area contributed by atoms with Gasteiger partial charge in [0.25, 0.3) is 5.91 Å². The summed E-state index contributed by atoms with van der Waals surface area (Å²) in [4.78, 5) is 19.5. The molecule has 1 saturated heterocycles. The lowest BCUT2D eigenvalue weighted by Crippen LogP contribution is -2.42. The highest BCUT2D eigenvalue weighted by Gasteiger charge is 2.26. The first-order chi connectivity index (χ1) is 10.5. The molecular weight excluding hydrogens is 276 g/mol. The van der Waals surface area contributed by atoms with Gasteiger partial charge in [-0.05, 0) is 53.0 Å². The Morgan fingerprint density at radius 1 is 1.36 bits per heavy atom. The summed E-state index contributed by atoms with van der Waals surface area (Å²) in [6, 6.07) is 2.52. The highest BCUT2D eigenvalue weighted by atomic mass is 16.2. The number of aryl methyl sites for hydroxylation is 1. The van der Waals surface area contributed by atoms with Crippen molar-refractivity contribution in [1.29, 1.82) is 0 Å². The molecule has 3 heterocycles. The van der Waals surface area contributed by atoms with Crippen LogP contribution in [0.2, 0.25) is 0 Å². The van der Waals surface area contributed by atoms with Gasteiger partial charge >= 0.3 is 0 Å². The lowest BCUT2D eigenvalue weighted by Gasteiger charge is -2.33. The van der Waals surface area contributed by atoms with E-state index in [-0.39, 0.29) is 11.9 Å². The number of fused-ring (bicyclic) bond motifs is 1. The molecule has 22 heavy (non-hydrogen) atoms. The molecule has 0 aromatic carbocycles. The molecule has 0 radical (unpaired) electrons. The Balaban J connectivity index is 2.00. The first-order valence-corrected chi connectivity index (χ1v) is 8.15. The summed E-state index contributed by atoms with van der Waals surface area (Å²) in [6.07, 6.45) is 5.20. The number of likely N-dealkylation sites (tertiary alicyclic amines) is 1.